The van der Waals surface area contributed by atoms with Crippen molar-refractivity contribution < 1.29 is 4.79 Å². The van der Waals surface area contributed by atoms with Gasteiger partial charge in [0.2, 0.25) is 5.95 Å². The molecule has 1 heterocycles. The zero-order chi connectivity index (χ0) is 18.6. The molecule has 1 amide bonds. The lowest BCUT2D eigenvalue weighted by Crippen LogP contribution is -2.17. The average Bonchev–Trinajstić information content (AvgIpc) is 3.34. The Morgan fingerprint density at radius 2 is 1.85 bits per heavy atom. The number of nitrogens with one attached hydrogen (secondary N) is 2. The van der Waals surface area contributed by atoms with E-state index in [0.29, 0.717) is 5.56 Å². The van der Waals surface area contributed by atoms with Crippen molar-refractivity contribution in [1.29, 1.82) is 0 Å². The van der Waals surface area contributed by atoms with Gasteiger partial charge in [0.15, 0.2) is 0 Å². The number of hydrogen-bond donors (Lipinski definition) is 2. The number of hydrogen-bond acceptors (Lipinski definition) is 3. The van der Waals surface area contributed by atoms with E-state index >= 15 is 0 Å². The highest BCUT2D eigenvalue weighted by Crippen LogP contribution is 2.30. The maximum absolute atomic E-state index is 11.7. The number of rotatable bonds is 6. The molecule has 0 radical (unpaired) electrons. The van der Waals surface area contributed by atoms with Gasteiger partial charge in [-0.25, -0.2) is 4.98 Å². The van der Waals surface area contributed by atoms with Crippen LogP contribution in [0.1, 0.15) is 42.5 Å². The maximum atomic E-state index is 11.7. The molecule has 0 aliphatic heterocycles. The predicted molar refractivity (Wildman–Crippen MR) is 109 cm³/mol. The van der Waals surface area contributed by atoms with Gasteiger partial charge in [0.05, 0.1) is 11.0 Å². The summed E-state index contributed by atoms with van der Waals surface area (Å²) < 4.78 is 2.29. The van der Waals surface area contributed by atoms with Crippen LogP contribution in [-0.2, 0) is 6.54 Å². The van der Waals surface area contributed by atoms with E-state index in [4.69, 9.17) is 4.98 Å². The normalized spacial score (nSPS) is 14.6. The van der Waals surface area contributed by atoms with E-state index in [0.717, 1.165) is 29.6 Å². The van der Waals surface area contributed by atoms with Gasteiger partial charge >= 0.3 is 0 Å². The third kappa shape index (κ3) is 3.82. The van der Waals surface area contributed by atoms with Crippen molar-refractivity contribution in [2.45, 2.75) is 38.6 Å². The minimum absolute atomic E-state index is 0.0784. The van der Waals surface area contributed by atoms with E-state index in [-0.39, 0.29) is 5.91 Å². The molecule has 1 aliphatic rings. The number of imidazole rings is 1. The molecule has 5 nitrogen and oxygen atoms in total. The molecule has 4 rings (SSSR count). The molecular formula is C22H26N4O. The number of benzene rings is 2. The van der Waals surface area contributed by atoms with Crippen molar-refractivity contribution in [1.82, 2.24) is 14.9 Å². The summed E-state index contributed by atoms with van der Waals surface area (Å²) in [5.74, 6) is 1.62. The van der Waals surface area contributed by atoms with Gasteiger partial charge in [-0.15, -0.1) is 0 Å². The van der Waals surface area contributed by atoms with Gasteiger partial charge in [0.25, 0.3) is 5.91 Å². The Bertz CT molecular complexity index is 923. The summed E-state index contributed by atoms with van der Waals surface area (Å²) in [6.45, 7) is 0.976. The Hall–Kier alpha value is -2.82. The van der Waals surface area contributed by atoms with E-state index in [1.54, 1.807) is 7.05 Å². The third-order valence-corrected chi connectivity index (χ3v) is 5.52. The molecule has 0 atom stereocenters. The minimum Gasteiger partial charge on any atom is -0.355 e. The van der Waals surface area contributed by atoms with Crippen molar-refractivity contribution >= 4 is 28.6 Å². The summed E-state index contributed by atoms with van der Waals surface area (Å²) in [7, 11) is 1.64. The molecule has 140 valence electrons. The van der Waals surface area contributed by atoms with E-state index in [2.05, 4.69) is 33.4 Å². The SMILES string of the molecule is CNC(=O)c1ccc(Nc2nc3ccccc3n2CCC2CCCC2)cc1. The number of para-hydroxylation sites is 2. The van der Waals surface area contributed by atoms with Crippen LogP contribution in [0.3, 0.4) is 0 Å². The van der Waals surface area contributed by atoms with E-state index in [1.807, 2.05) is 30.3 Å². The average molecular weight is 362 g/mol. The molecule has 1 aromatic heterocycles. The molecule has 0 saturated heterocycles. The number of fused-ring (bicyclic) bond motifs is 1. The quantitative estimate of drug-likeness (QED) is 0.667. The Balaban J connectivity index is 1.58. The topological polar surface area (TPSA) is 59.0 Å². The maximum Gasteiger partial charge on any atom is 0.251 e. The van der Waals surface area contributed by atoms with Crippen LogP contribution in [0.4, 0.5) is 11.6 Å². The number of aromatic nitrogens is 2. The van der Waals surface area contributed by atoms with Crippen molar-refractivity contribution in [3.8, 4) is 0 Å². The number of aryl methyl sites for hydroxylation is 1. The molecule has 27 heavy (non-hydrogen) atoms. The monoisotopic (exact) mass is 362 g/mol. The number of carbonyl (C=O) groups excluding carboxylic acids is 1. The molecule has 0 unspecified atom stereocenters. The summed E-state index contributed by atoms with van der Waals surface area (Å²) >= 11 is 0. The van der Waals surface area contributed by atoms with Crippen molar-refractivity contribution in [3.05, 3.63) is 54.1 Å². The number of anilines is 2. The lowest BCUT2D eigenvalue weighted by molar-refractivity contribution is 0.0963. The van der Waals surface area contributed by atoms with Crippen LogP contribution < -0.4 is 10.6 Å². The minimum atomic E-state index is -0.0784. The van der Waals surface area contributed by atoms with Gasteiger partial charge in [-0.2, -0.15) is 0 Å². The number of carbonyl (C=O) groups is 1. The molecule has 1 aliphatic carbocycles. The van der Waals surface area contributed by atoms with Gasteiger partial charge in [-0.05, 0) is 48.7 Å². The van der Waals surface area contributed by atoms with Crippen LogP contribution in [0.5, 0.6) is 0 Å². The second kappa shape index (κ2) is 7.82. The second-order valence-corrected chi connectivity index (χ2v) is 7.30. The van der Waals surface area contributed by atoms with Gasteiger partial charge in [0.1, 0.15) is 0 Å². The molecule has 3 aromatic rings. The van der Waals surface area contributed by atoms with Crippen LogP contribution in [0.25, 0.3) is 11.0 Å². The summed E-state index contributed by atoms with van der Waals surface area (Å²) in [5, 5.41) is 6.09. The fourth-order valence-corrected chi connectivity index (χ4v) is 3.99. The van der Waals surface area contributed by atoms with E-state index in [1.165, 1.54) is 37.6 Å². The van der Waals surface area contributed by atoms with E-state index < -0.39 is 0 Å². The van der Waals surface area contributed by atoms with E-state index in [9.17, 15) is 4.79 Å². The first-order valence-electron chi connectivity index (χ1n) is 9.79. The fourth-order valence-electron chi connectivity index (χ4n) is 3.99. The largest absolute Gasteiger partial charge is 0.355 e. The zero-order valence-corrected chi connectivity index (χ0v) is 15.7. The standard InChI is InChI=1S/C22H26N4O/c1-23-21(27)17-10-12-18(13-11-17)24-22-25-19-8-4-5-9-20(19)26(22)15-14-16-6-2-3-7-16/h4-5,8-13,16H,2-3,6-7,14-15H2,1H3,(H,23,27)(H,24,25). The zero-order valence-electron chi connectivity index (χ0n) is 15.7. The summed E-state index contributed by atoms with van der Waals surface area (Å²) in [6, 6.07) is 15.8. The first-order chi connectivity index (χ1) is 13.2. The molecule has 1 fully saturated rings. The van der Waals surface area contributed by atoms with Crippen LogP contribution in [-0.4, -0.2) is 22.5 Å². The highest BCUT2D eigenvalue weighted by Gasteiger charge is 2.17. The Kier molecular flexibility index (Phi) is 5.10. The molecular weight excluding hydrogens is 336 g/mol. The Labute approximate surface area is 159 Å². The van der Waals surface area contributed by atoms with Crippen LogP contribution in [0.15, 0.2) is 48.5 Å². The Morgan fingerprint density at radius 3 is 2.59 bits per heavy atom. The van der Waals surface area contributed by atoms with Crippen LogP contribution in [0, 0.1) is 5.92 Å². The highest BCUT2D eigenvalue weighted by molar-refractivity contribution is 5.94. The van der Waals surface area contributed by atoms with Crippen LogP contribution in [0.2, 0.25) is 0 Å². The molecule has 2 aromatic carbocycles. The number of amides is 1. The first kappa shape index (κ1) is 17.6. The summed E-state index contributed by atoms with van der Waals surface area (Å²) in [5.41, 5.74) is 3.76. The summed E-state index contributed by atoms with van der Waals surface area (Å²) in [4.78, 5) is 16.5. The molecule has 0 spiro atoms. The molecule has 2 N–H and O–H groups in total. The lowest BCUT2D eigenvalue weighted by Gasteiger charge is -2.14. The smallest absolute Gasteiger partial charge is 0.251 e. The van der Waals surface area contributed by atoms with Crippen molar-refractivity contribution in [3.63, 3.8) is 0 Å². The Morgan fingerprint density at radius 1 is 1.11 bits per heavy atom. The lowest BCUT2D eigenvalue weighted by atomic mass is 10.0. The van der Waals surface area contributed by atoms with Gasteiger partial charge in [-0.3, -0.25) is 4.79 Å². The molecule has 5 heteroatoms. The predicted octanol–water partition coefficient (Wildman–Crippen LogP) is 4.72. The number of nitrogens with zero attached hydrogens (tertiary/aromatic N) is 2. The van der Waals surface area contributed by atoms with Gasteiger partial charge in [0, 0.05) is 24.8 Å². The van der Waals surface area contributed by atoms with Crippen molar-refractivity contribution in [2.24, 2.45) is 5.92 Å². The van der Waals surface area contributed by atoms with Gasteiger partial charge in [-0.1, -0.05) is 37.8 Å². The van der Waals surface area contributed by atoms with Gasteiger partial charge < -0.3 is 15.2 Å². The first-order valence-corrected chi connectivity index (χ1v) is 9.79. The molecule has 1 saturated carbocycles. The van der Waals surface area contributed by atoms with Crippen molar-refractivity contribution in [2.75, 3.05) is 12.4 Å². The second-order valence-electron chi connectivity index (χ2n) is 7.30. The molecule has 0 bridgehead atoms. The third-order valence-electron chi connectivity index (χ3n) is 5.52. The summed E-state index contributed by atoms with van der Waals surface area (Å²) in [6.07, 6.45) is 6.66. The highest BCUT2D eigenvalue weighted by atomic mass is 16.1. The van der Waals surface area contributed by atoms with Crippen LogP contribution >= 0.6 is 0 Å². The fraction of sp³-hybridized carbons (Fsp3) is 0.364.